The van der Waals surface area contributed by atoms with Crippen LogP contribution in [0.2, 0.25) is 0 Å². The molecular weight excluding hydrogens is 686 g/mol. The van der Waals surface area contributed by atoms with Gasteiger partial charge in [0.25, 0.3) is 0 Å². The molecule has 1 aromatic rings. The van der Waals surface area contributed by atoms with E-state index in [1.807, 2.05) is 6.79 Å². The Hall–Kier alpha value is -1.55. The molecule has 0 aliphatic carbocycles. The predicted molar refractivity (Wildman–Crippen MR) is 212 cm³/mol. The summed E-state index contributed by atoms with van der Waals surface area (Å²) in [6, 6.07) is 8.36. The van der Waals surface area contributed by atoms with E-state index in [0.717, 1.165) is 25.7 Å². The molecule has 1 aromatic carbocycles. The fourth-order valence-corrected chi connectivity index (χ4v) is 5.94. The second kappa shape index (κ2) is 50.6. The minimum atomic E-state index is -0.903. The Balaban J connectivity index is -0.000000337. The van der Waals surface area contributed by atoms with Gasteiger partial charge in [-0.25, -0.2) is 0 Å². The SMILES string of the molecule is C=O.CCCCCCCCCCCCCCCCCC(=O)[O-].CCCCCCCCCCCCCCCCCC(=O)[O-].Cc1ccccc1C.[Zn+2]. The van der Waals surface area contributed by atoms with Gasteiger partial charge in [0.15, 0.2) is 0 Å². The van der Waals surface area contributed by atoms with E-state index in [2.05, 4.69) is 52.0 Å². The number of carboxylic acid groups (broad SMARTS) is 2. The van der Waals surface area contributed by atoms with Crippen molar-refractivity contribution in [2.45, 2.75) is 233 Å². The van der Waals surface area contributed by atoms with Crippen molar-refractivity contribution in [1.29, 1.82) is 0 Å². The third kappa shape index (κ3) is 55.4. The zero-order chi connectivity index (χ0) is 37.8. The molecule has 0 fully saturated rings. The number of unbranched alkanes of at least 4 members (excludes halogenated alkanes) is 28. The first-order valence-corrected chi connectivity index (χ1v) is 21.1. The third-order valence-electron chi connectivity index (χ3n) is 9.39. The standard InChI is InChI=1S/2C18H36O2.C8H10.CH2O.Zn/c2*1-2-3-4-5-6-7-8-9-10-11-12-13-14-15-16-17-18(19)20;1-7-5-3-4-6-8(7)2;1-2;/h2*2-17H2,1H3,(H,19,20);3-6H,1-2H3;1H2;/q;;;;+2/p-2. The van der Waals surface area contributed by atoms with Crippen LogP contribution in [0.4, 0.5) is 0 Å². The van der Waals surface area contributed by atoms with Crippen LogP contribution in [0.15, 0.2) is 24.3 Å². The summed E-state index contributed by atoms with van der Waals surface area (Å²) in [5.74, 6) is -1.81. The second-order valence-electron chi connectivity index (χ2n) is 14.2. The summed E-state index contributed by atoms with van der Waals surface area (Å²) in [5.41, 5.74) is 2.74. The van der Waals surface area contributed by atoms with Gasteiger partial charge < -0.3 is 24.6 Å². The summed E-state index contributed by atoms with van der Waals surface area (Å²) in [6.07, 6.45) is 39.7. The molecule has 0 aliphatic heterocycles. The van der Waals surface area contributed by atoms with Gasteiger partial charge in [-0.05, 0) is 50.7 Å². The molecule has 0 aromatic heterocycles. The zero-order valence-corrected chi connectivity index (χ0v) is 37.4. The third-order valence-corrected chi connectivity index (χ3v) is 9.39. The van der Waals surface area contributed by atoms with Gasteiger partial charge in [-0.3, -0.25) is 0 Å². The first-order chi connectivity index (χ1) is 24.3. The number of hydrogen-bond donors (Lipinski definition) is 0. The second-order valence-corrected chi connectivity index (χ2v) is 14.2. The monoisotopic (exact) mass is 767 g/mol. The van der Waals surface area contributed by atoms with Crippen molar-refractivity contribution in [2.24, 2.45) is 0 Å². The molecular formula is C45H82O5Zn. The molecule has 0 radical (unpaired) electrons. The summed E-state index contributed by atoms with van der Waals surface area (Å²) >= 11 is 0. The van der Waals surface area contributed by atoms with Crippen LogP contribution in [0, 0.1) is 13.8 Å². The number of carboxylic acids is 2. The summed E-state index contributed by atoms with van der Waals surface area (Å²) < 4.78 is 0. The Kier molecular flexibility index (Phi) is 55.7. The van der Waals surface area contributed by atoms with Gasteiger partial charge in [0.1, 0.15) is 6.79 Å². The minimum Gasteiger partial charge on any atom is -0.550 e. The fourth-order valence-electron chi connectivity index (χ4n) is 5.94. The molecule has 51 heavy (non-hydrogen) atoms. The van der Waals surface area contributed by atoms with Gasteiger partial charge >= 0.3 is 19.5 Å². The van der Waals surface area contributed by atoms with E-state index in [1.165, 1.54) is 178 Å². The Labute approximate surface area is 330 Å². The first kappa shape index (κ1) is 56.2. The van der Waals surface area contributed by atoms with Gasteiger partial charge in [0, 0.05) is 11.9 Å². The van der Waals surface area contributed by atoms with Gasteiger partial charge in [0.2, 0.25) is 0 Å². The van der Waals surface area contributed by atoms with E-state index in [1.54, 1.807) is 0 Å². The number of aryl methyl sites for hydroxylation is 2. The molecule has 0 spiro atoms. The molecule has 294 valence electrons. The number of benzene rings is 1. The molecule has 0 saturated carbocycles. The van der Waals surface area contributed by atoms with Crippen LogP contribution in [-0.2, 0) is 33.9 Å². The average molecular weight is 769 g/mol. The van der Waals surface area contributed by atoms with Crippen LogP contribution < -0.4 is 10.2 Å². The largest absolute Gasteiger partial charge is 2.00 e. The number of carbonyl (C=O) groups is 3. The number of hydrogen-bond acceptors (Lipinski definition) is 5. The van der Waals surface area contributed by atoms with Crippen molar-refractivity contribution in [3.8, 4) is 0 Å². The van der Waals surface area contributed by atoms with Crippen LogP contribution in [0.25, 0.3) is 0 Å². The molecule has 0 heterocycles. The summed E-state index contributed by atoms with van der Waals surface area (Å²) in [4.78, 5) is 28.4. The maximum Gasteiger partial charge on any atom is 2.00 e. The van der Waals surface area contributed by atoms with Crippen molar-refractivity contribution >= 4 is 18.7 Å². The Morgan fingerprint density at radius 2 is 0.588 bits per heavy atom. The Morgan fingerprint density at radius 3 is 0.745 bits per heavy atom. The van der Waals surface area contributed by atoms with Crippen LogP contribution in [0.1, 0.15) is 230 Å². The zero-order valence-electron chi connectivity index (χ0n) is 34.4. The van der Waals surface area contributed by atoms with Crippen LogP contribution in [0.5, 0.6) is 0 Å². The van der Waals surface area contributed by atoms with E-state index >= 15 is 0 Å². The van der Waals surface area contributed by atoms with Crippen molar-refractivity contribution in [1.82, 2.24) is 0 Å². The molecule has 0 aliphatic rings. The first-order valence-electron chi connectivity index (χ1n) is 21.1. The molecule has 6 heteroatoms. The van der Waals surface area contributed by atoms with Crippen molar-refractivity contribution in [3.05, 3.63) is 35.4 Å². The Bertz CT molecular complexity index is 751. The van der Waals surface area contributed by atoms with E-state index in [9.17, 15) is 19.8 Å². The van der Waals surface area contributed by atoms with E-state index in [0.29, 0.717) is 0 Å². The maximum atomic E-state index is 10.2. The smallest absolute Gasteiger partial charge is 0.550 e. The molecule has 5 nitrogen and oxygen atoms in total. The van der Waals surface area contributed by atoms with E-state index < -0.39 is 11.9 Å². The van der Waals surface area contributed by atoms with Gasteiger partial charge in [-0.15, -0.1) is 0 Å². The van der Waals surface area contributed by atoms with Crippen LogP contribution in [0.3, 0.4) is 0 Å². The van der Waals surface area contributed by atoms with E-state index in [4.69, 9.17) is 4.79 Å². The number of rotatable bonds is 32. The van der Waals surface area contributed by atoms with Crippen molar-refractivity contribution in [3.63, 3.8) is 0 Å². The van der Waals surface area contributed by atoms with Crippen molar-refractivity contribution in [2.75, 3.05) is 0 Å². The van der Waals surface area contributed by atoms with Crippen LogP contribution >= 0.6 is 0 Å². The number of carbonyl (C=O) groups excluding carboxylic acids is 3. The van der Waals surface area contributed by atoms with E-state index in [-0.39, 0.29) is 32.3 Å². The van der Waals surface area contributed by atoms with Crippen LogP contribution in [-0.4, -0.2) is 18.7 Å². The summed E-state index contributed by atoms with van der Waals surface area (Å²) in [5, 5.41) is 20.4. The molecule has 0 atom stereocenters. The van der Waals surface area contributed by atoms with Crippen molar-refractivity contribution < 1.29 is 44.1 Å². The quantitative estimate of drug-likeness (QED) is 0.0537. The fraction of sp³-hybridized carbons (Fsp3) is 0.800. The molecule has 0 unspecified atom stereocenters. The molecule has 0 amide bonds. The topological polar surface area (TPSA) is 97.3 Å². The molecule has 0 N–H and O–H groups in total. The normalized spacial score (nSPS) is 10.0. The number of aliphatic carboxylic acids is 2. The van der Waals surface area contributed by atoms with Gasteiger partial charge in [0.05, 0.1) is 0 Å². The molecule has 0 saturated heterocycles. The van der Waals surface area contributed by atoms with Gasteiger partial charge in [-0.1, -0.05) is 218 Å². The molecule has 1 rings (SSSR count). The average Bonchev–Trinajstić information content (AvgIpc) is 3.11. The maximum absolute atomic E-state index is 10.2. The Morgan fingerprint density at radius 1 is 0.412 bits per heavy atom. The summed E-state index contributed by atoms with van der Waals surface area (Å²) in [7, 11) is 0. The summed E-state index contributed by atoms with van der Waals surface area (Å²) in [6.45, 7) is 10.8. The minimum absolute atomic E-state index is 0. The predicted octanol–water partition coefficient (Wildman–Crippen LogP) is 12.1. The van der Waals surface area contributed by atoms with Gasteiger partial charge in [-0.2, -0.15) is 0 Å². The molecule has 0 bridgehead atoms.